The van der Waals surface area contributed by atoms with Gasteiger partial charge in [0.15, 0.2) is 11.2 Å². The van der Waals surface area contributed by atoms with Gasteiger partial charge >= 0.3 is 0 Å². The van der Waals surface area contributed by atoms with Gasteiger partial charge in [0, 0.05) is 6.42 Å². The summed E-state index contributed by atoms with van der Waals surface area (Å²) in [4.78, 5) is 25.0. The van der Waals surface area contributed by atoms with E-state index < -0.39 is 28.6 Å². The van der Waals surface area contributed by atoms with Gasteiger partial charge in [-0.25, -0.2) is 4.98 Å². The topological polar surface area (TPSA) is 158 Å². The number of hydrogen-bond donors (Lipinski definition) is 4. The number of H-pyrrole nitrogens is 1. The normalized spacial score (nSPS) is 19.2. The van der Waals surface area contributed by atoms with Crippen LogP contribution in [0.25, 0.3) is 22.3 Å². The molecule has 0 radical (unpaired) electrons. The Hall–Kier alpha value is -4.85. The minimum atomic E-state index is -0.850. The van der Waals surface area contributed by atoms with Crippen molar-refractivity contribution < 1.29 is 24.3 Å². The lowest BCUT2D eigenvalue weighted by Gasteiger charge is -2.33. The van der Waals surface area contributed by atoms with E-state index in [-0.39, 0.29) is 30.5 Å². The molecule has 4 N–H and O–H groups in total. The van der Waals surface area contributed by atoms with Crippen LogP contribution in [0, 0.1) is 5.21 Å². The molecule has 0 bridgehead atoms. The number of imidazole rings is 1. The van der Waals surface area contributed by atoms with E-state index in [1.54, 1.807) is 18.7 Å². The number of aliphatic hydroxyl groups excluding tert-OH is 2. The number of aromatic amines is 1. The number of benzene rings is 3. The quantitative estimate of drug-likeness (QED) is 0.0882. The van der Waals surface area contributed by atoms with Gasteiger partial charge in [-0.05, 0) is 46.9 Å². The average molecular weight is 653 g/mol. The van der Waals surface area contributed by atoms with Gasteiger partial charge in [0.1, 0.15) is 31.2 Å². The second kappa shape index (κ2) is 14.1. The first-order valence-electron chi connectivity index (χ1n) is 15.9. The minimum Gasteiger partial charge on any atom is -0.633 e. The molecule has 0 saturated carbocycles. The van der Waals surface area contributed by atoms with E-state index in [9.17, 15) is 20.2 Å². The van der Waals surface area contributed by atoms with Crippen LogP contribution < -0.4 is 15.6 Å². The fourth-order valence-corrected chi connectivity index (χ4v) is 5.94. The fourth-order valence-electron chi connectivity index (χ4n) is 5.94. The summed E-state index contributed by atoms with van der Waals surface area (Å²) >= 11 is 0. The molecule has 0 amide bonds. The number of aromatic nitrogens is 4. The largest absolute Gasteiger partial charge is 0.633 e. The second-order valence-corrected chi connectivity index (χ2v) is 12.4. The number of hydroxylamine groups is 3. The maximum Gasteiger partial charge on any atom is 0.280 e. The molecule has 1 fully saturated rings. The summed E-state index contributed by atoms with van der Waals surface area (Å²) in [6.45, 7) is 2.32. The third-order valence-corrected chi connectivity index (χ3v) is 8.37. The van der Waals surface area contributed by atoms with Crippen LogP contribution >= 0.6 is 0 Å². The van der Waals surface area contributed by atoms with Gasteiger partial charge < -0.3 is 34.9 Å². The molecule has 2 aromatic heterocycles. The van der Waals surface area contributed by atoms with Crippen LogP contribution in [-0.2, 0) is 4.74 Å². The van der Waals surface area contributed by atoms with Gasteiger partial charge in [-0.3, -0.25) is 14.3 Å². The number of likely N-dealkylation sites (N-methyl/N-ethyl adjacent to an activating group) is 1. The minimum absolute atomic E-state index is 0.141. The first kappa shape index (κ1) is 33.1. The van der Waals surface area contributed by atoms with Gasteiger partial charge in [0.2, 0.25) is 5.95 Å². The van der Waals surface area contributed by atoms with E-state index >= 15 is 0 Å². The van der Waals surface area contributed by atoms with Crippen molar-refractivity contribution >= 4 is 28.3 Å². The summed E-state index contributed by atoms with van der Waals surface area (Å²) in [6.07, 6.45) is -0.521. The van der Waals surface area contributed by atoms with Crippen molar-refractivity contribution in [1.82, 2.24) is 19.5 Å². The van der Waals surface area contributed by atoms with Gasteiger partial charge in [-0.1, -0.05) is 72.8 Å². The number of fused-ring (bicyclic) bond motifs is 1. The van der Waals surface area contributed by atoms with Crippen LogP contribution in [0.1, 0.15) is 36.3 Å². The van der Waals surface area contributed by atoms with Crippen molar-refractivity contribution in [3.63, 3.8) is 0 Å². The number of hydrogen-bond acceptors (Lipinski definition) is 9. The summed E-state index contributed by atoms with van der Waals surface area (Å²) < 4.78 is 12.9. The molecule has 48 heavy (non-hydrogen) atoms. The standard InChI is InChI=1S/C36H40N6O6/c1-23(38-36-39-34-33(35(45)40-36)37-22-41(34)30-20-28(44)29(21-43)48-30)31(24-10-6-4-7-11-24)32(25-12-8-5-9-13-25)26-14-16-27(17-15-26)47-19-18-42(2,3)46/h4-17,22-23,28-30,43-44H,18-21H2,1-3H3,(H2,38,39,40,45)/b32-31-/t23?,28-,29+,30+/m0/s1. The molecule has 3 aromatic carbocycles. The molecule has 0 aliphatic carbocycles. The van der Waals surface area contributed by atoms with Crippen molar-refractivity contribution in [1.29, 1.82) is 0 Å². The average Bonchev–Trinajstić information content (AvgIpc) is 3.67. The van der Waals surface area contributed by atoms with E-state index in [4.69, 9.17) is 14.5 Å². The maximum absolute atomic E-state index is 13.2. The monoisotopic (exact) mass is 652 g/mol. The lowest BCUT2D eigenvalue weighted by molar-refractivity contribution is -0.840. The van der Waals surface area contributed by atoms with Crippen molar-refractivity contribution in [2.24, 2.45) is 0 Å². The van der Waals surface area contributed by atoms with E-state index in [1.807, 2.05) is 79.7 Å². The van der Waals surface area contributed by atoms with Crippen LogP contribution in [-0.4, -0.2) is 86.5 Å². The zero-order valence-corrected chi connectivity index (χ0v) is 27.1. The predicted molar refractivity (Wildman–Crippen MR) is 184 cm³/mol. The molecule has 4 atom stereocenters. The van der Waals surface area contributed by atoms with Gasteiger partial charge in [0.05, 0.1) is 39.2 Å². The number of anilines is 1. The van der Waals surface area contributed by atoms with Gasteiger partial charge in [-0.15, -0.1) is 0 Å². The zero-order chi connectivity index (χ0) is 33.8. The predicted octanol–water partition coefficient (Wildman–Crippen LogP) is 4.17. The fraction of sp³-hybridized carbons (Fsp3) is 0.306. The molecule has 12 nitrogen and oxygen atoms in total. The first-order valence-corrected chi connectivity index (χ1v) is 15.9. The number of nitrogens with zero attached hydrogens (tertiary/aromatic N) is 4. The Labute approximate surface area is 278 Å². The molecule has 1 aliphatic heterocycles. The van der Waals surface area contributed by atoms with E-state index in [2.05, 4.69) is 27.4 Å². The smallest absolute Gasteiger partial charge is 0.280 e. The molecular weight excluding hydrogens is 612 g/mol. The summed E-state index contributed by atoms with van der Waals surface area (Å²) in [5.41, 5.74) is 4.88. The lowest BCUT2D eigenvalue weighted by atomic mass is 9.86. The van der Waals surface area contributed by atoms with E-state index in [0.29, 0.717) is 24.5 Å². The highest BCUT2D eigenvalue weighted by Gasteiger charge is 2.35. The molecule has 1 unspecified atom stereocenters. The number of aliphatic hydroxyl groups is 2. The second-order valence-electron chi connectivity index (χ2n) is 12.4. The summed E-state index contributed by atoms with van der Waals surface area (Å²) in [5.74, 6) is 0.908. The Morgan fingerprint density at radius 1 is 1.06 bits per heavy atom. The molecule has 1 aliphatic rings. The highest BCUT2D eigenvalue weighted by Crippen LogP contribution is 2.36. The van der Waals surface area contributed by atoms with Crippen molar-refractivity contribution in [3.05, 3.63) is 124 Å². The molecule has 250 valence electrons. The van der Waals surface area contributed by atoms with Crippen LogP contribution in [0.3, 0.4) is 0 Å². The third kappa shape index (κ3) is 7.33. The number of nitrogens with one attached hydrogen (secondary N) is 2. The summed E-state index contributed by atoms with van der Waals surface area (Å²) in [5, 5.41) is 35.3. The third-order valence-electron chi connectivity index (χ3n) is 8.37. The SMILES string of the molecule is CC(Nc1nc2c(ncn2[C@H]2C[C@H](O)[C@@H](CO)O2)c(=O)[nH]1)/C(=C(\c1ccccc1)c1ccc(OCC[N+](C)(C)[O-])cc1)c1ccccc1. The highest BCUT2D eigenvalue weighted by atomic mass is 16.6. The molecular formula is C36H40N6O6. The molecule has 5 aromatic rings. The Balaban J connectivity index is 1.40. The highest BCUT2D eigenvalue weighted by molar-refractivity contribution is 6.00. The van der Waals surface area contributed by atoms with Crippen LogP contribution in [0.2, 0.25) is 0 Å². The van der Waals surface area contributed by atoms with Crippen LogP contribution in [0.5, 0.6) is 5.75 Å². The summed E-state index contributed by atoms with van der Waals surface area (Å²) in [6, 6.07) is 27.6. The first-order chi connectivity index (χ1) is 23.1. The van der Waals surface area contributed by atoms with Crippen LogP contribution in [0.4, 0.5) is 5.95 Å². The lowest BCUT2D eigenvalue weighted by Crippen LogP contribution is -2.36. The number of quaternary nitrogens is 1. The Morgan fingerprint density at radius 2 is 1.71 bits per heavy atom. The zero-order valence-electron chi connectivity index (χ0n) is 27.1. The number of rotatable bonds is 12. The summed E-state index contributed by atoms with van der Waals surface area (Å²) in [7, 11) is 3.17. The van der Waals surface area contributed by atoms with Gasteiger partial charge in [0.25, 0.3) is 5.56 Å². The Bertz CT molecular complexity index is 1920. The molecule has 12 heteroatoms. The Morgan fingerprint density at radius 3 is 2.33 bits per heavy atom. The van der Waals surface area contributed by atoms with E-state index in [1.165, 1.54) is 6.33 Å². The van der Waals surface area contributed by atoms with Crippen molar-refractivity contribution in [2.75, 3.05) is 39.2 Å². The van der Waals surface area contributed by atoms with Crippen LogP contribution in [0.15, 0.2) is 96.1 Å². The van der Waals surface area contributed by atoms with Crippen molar-refractivity contribution in [2.45, 2.75) is 37.8 Å². The van der Waals surface area contributed by atoms with E-state index in [0.717, 1.165) is 27.8 Å². The van der Waals surface area contributed by atoms with Crippen molar-refractivity contribution in [3.8, 4) is 5.75 Å². The number of ether oxygens (including phenoxy) is 2. The van der Waals surface area contributed by atoms with Gasteiger partial charge in [-0.2, -0.15) is 4.98 Å². The maximum atomic E-state index is 13.2. The molecule has 3 heterocycles. The molecule has 0 spiro atoms. The molecule has 6 rings (SSSR count). The molecule has 1 saturated heterocycles. The Kier molecular flexibility index (Phi) is 9.71.